The van der Waals surface area contributed by atoms with Gasteiger partial charge >= 0.3 is 0 Å². The molecule has 0 radical (unpaired) electrons. The van der Waals surface area contributed by atoms with Crippen LogP contribution in [-0.2, 0) is 6.54 Å². The first kappa shape index (κ1) is 14.2. The van der Waals surface area contributed by atoms with Gasteiger partial charge in [0.1, 0.15) is 6.33 Å². The monoisotopic (exact) mass is 274 g/mol. The maximum atomic E-state index is 5.24. The fourth-order valence-electron chi connectivity index (χ4n) is 1.88. The second kappa shape index (κ2) is 6.81. The van der Waals surface area contributed by atoms with Crippen LogP contribution in [-0.4, -0.2) is 29.2 Å². The first-order chi connectivity index (χ1) is 9.76. The maximum Gasteiger partial charge on any atom is 0.224 e. The Bertz CT molecular complexity index is 526. The van der Waals surface area contributed by atoms with E-state index in [9.17, 15) is 0 Å². The summed E-state index contributed by atoms with van der Waals surface area (Å²) >= 11 is 0. The van der Waals surface area contributed by atoms with Gasteiger partial charge in [0.25, 0.3) is 0 Å². The fourth-order valence-corrected chi connectivity index (χ4v) is 1.88. The molecule has 0 aliphatic carbocycles. The van der Waals surface area contributed by atoms with Gasteiger partial charge in [0.05, 0.1) is 25.5 Å². The van der Waals surface area contributed by atoms with Gasteiger partial charge in [0.15, 0.2) is 0 Å². The normalized spacial score (nSPS) is 11.9. The van der Waals surface area contributed by atoms with Gasteiger partial charge in [0, 0.05) is 18.8 Å². The summed E-state index contributed by atoms with van der Waals surface area (Å²) in [5.74, 6) is 1.02. The van der Waals surface area contributed by atoms with Crippen molar-refractivity contribution in [1.29, 1.82) is 0 Å². The lowest BCUT2D eigenvalue weighted by atomic mass is 10.2. The summed E-state index contributed by atoms with van der Waals surface area (Å²) < 4.78 is 10.5. The van der Waals surface area contributed by atoms with Gasteiger partial charge in [-0.05, 0) is 19.1 Å². The minimum atomic E-state index is 0.103. The van der Waals surface area contributed by atoms with E-state index in [1.165, 1.54) is 6.33 Å². The largest absolute Gasteiger partial charge is 0.481 e. The van der Waals surface area contributed by atoms with Crippen LogP contribution in [0, 0.1) is 0 Å². The van der Waals surface area contributed by atoms with Gasteiger partial charge in [-0.15, -0.1) is 0 Å². The second-order valence-corrected chi connectivity index (χ2v) is 4.23. The summed E-state index contributed by atoms with van der Waals surface area (Å²) in [6.45, 7) is 2.58. The van der Waals surface area contributed by atoms with Crippen molar-refractivity contribution >= 4 is 0 Å². The third-order valence-electron chi connectivity index (χ3n) is 2.97. The van der Waals surface area contributed by atoms with E-state index in [-0.39, 0.29) is 6.04 Å². The lowest BCUT2D eigenvalue weighted by Crippen LogP contribution is -2.20. The van der Waals surface area contributed by atoms with Crippen molar-refractivity contribution in [3.8, 4) is 11.8 Å². The van der Waals surface area contributed by atoms with E-state index >= 15 is 0 Å². The molecule has 2 aromatic rings. The summed E-state index contributed by atoms with van der Waals surface area (Å²) in [7, 11) is 3.15. The number of hydrogen-bond donors (Lipinski definition) is 1. The highest BCUT2D eigenvalue weighted by atomic mass is 16.5. The quantitative estimate of drug-likeness (QED) is 0.865. The summed E-state index contributed by atoms with van der Waals surface area (Å²) in [6.07, 6.45) is 3.20. The first-order valence-corrected chi connectivity index (χ1v) is 6.32. The number of methoxy groups -OCH3 is 2. The number of nitrogens with zero attached hydrogens (tertiary/aromatic N) is 3. The zero-order chi connectivity index (χ0) is 14.4. The van der Waals surface area contributed by atoms with Gasteiger partial charge in [-0.3, -0.25) is 4.98 Å². The highest BCUT2D eigenvalue weighted by Gasteiger charge is 2.14. The van der Waals surface area contributed by atoms with E-state index in [4.69, 9.17) is 9.47 Å². The van der Waals surface area contributed by atoms with Crippen LogP contribution in [0.1, 0.15) is 24.2 Å². The maximum absolute atomic E-state index is 5.24. The molecular weight excluding hydrogens is 256 g/mol. The van der Waals surface area contributed by atoms with Crippen LogP contribution in [0.15, 0.2) is 30.7 Å². The number of aromatic nitrogens is 3. The molecule has 1 N–H and O–H groups in total. The molecule has 2 heterocycles. The first-order valence-electron chi connectivity index (χ1n) is 6.32. The molecule has 0 aromatic carbocycles. The van der Waals surface area contributed by atoms with Crippen molar-refractivity contribution in [3.63, 3.8) is 0 Å². The number of ether oxygens (including phenoxy) is 2. The Balaban J connectivity index is 2.11. The molecule has 106 valence electrons. The fraction of sp³-hybridized carbons (Fsp3) is 0.357. The van der Waals surface area contributed by atoms with Crippen molar-refractivity contribution in [1.82, 2.24) is 20.3 Å². The highest BCUT2D eigenvalue weighted by molar-refractivity contribution is 5.34. The Morgan fingerprint density at radius 2 is 1.80 bits per heavy atom. The molecule has 6 heteroatoms. The lowest BCUT2D eigenvalue weighted by molar-refractivity contribution is 0.357. The van der Waals surface area contributed by atoms with Crippen LogP contribution in [0.5, 0.6) is 11.8 Å². The molecule has 0 amide bonds. The average Bonchev–Trinajstić information content (AvgIpc) is 2.52. The zero-order valence-electron chi connectivity index (χ0n) is 11.8. The molecule has 0 aliphatic heterocycles. The van der Waals surface area contributed by atoms with E-state index in [0.717, 1.165) is 11.3 Å². The molecule has 2 rings (SSSR count). The van der Waals surface area contributed by atoms with Gasteiger partial charge in [-0.2, -0.15) is 0 Å². The molecule has 0 saturated heterocycles. The standard InChI is InChI=1S/C14H18N4O2/c1-10(12-6-4-5-7-15-12)16-8-11-13(19-2)17-9-18-14(11)20-3/h4-7,9-10,16H,8H2,1-3H3/t10-/m0/s1. The van der Waals surface area contributed by atoms with Crippen LogP contribution >= 0.6 is 0 Å². The minimum absolute atomic E-state index is 0.103. The summed E-state index contributed by atoms with van der Waals surface area (Å²) in [5, 5.41) is 3.36. The van der Waals surface area contributed by atoms with Crippen LogP contribution in [0.25, 0.3) is 0 Å². The Morgan fingerprint density at radius 1 is 1.10 bits per heavy atom. The van der Waals surface area contributed by atoms with Crippen LogP contribution in [0.3, 0.4) is 0 Å². The molecule has 2 aromatic heterocycles. The smallest absolute Gasteiger partial charge is 0.224 e. The Kier molecular flexibility index (Phi) is 4.84. The molecule has 0 saturated carbocycles. The molecule has 0 unspecified atom stereocenters. The third-order valence-corrected chi connectivity index (χ3v) is 2.97. The number of rotatable bonds is 6. The molecular formula is C14H18N4O2. The van der Waals surface area contributed by atoms with E-state index in [0.29, 0.717) is 18.3 Å². The van der Waals surface area contributed by atoms with E-state index in [2.05, 4.69) is 20.3 Å². The number of nitrogens with one attached hydrogen (secondary N) is 1. The van der Waals surface area contributed by atoms with Crippen molar-refractivity contribution < 1.29 is 9.47 Å². The Labute approximate surface area is 118 Å². The highest BCUT2D eigenvalue weighted by Crippen LogP contribution is 2.23. The van der Waals surface area contributed by atoms with E-state index in [1.807, 2.05) is 25.1 Å². The Morgan fingerprint density at radius 3 is 2.35 bits per heavy atom. The van der Waals surface area contributed by atoms with Crippen LogP contribution < -0.4 is 14.8 Å². The lowest BCUT2D eigenvalue weighted by Gasteiger charge is -2.15. The second-order valence-electron chi connectivity index (χ2n) is 4.23. The van der Waals surface area contributed by atoms with Gasteiger partial charge in [-0.1, -0.05) is 6.07 Å². The molecule has 0 fully saturated rings. The van der Waals surface area contributed by atoms with Crippen LogP contribution in [0.4, 0.5) is 0 Å². The van der Waals surface area contributed by atoms with Gasteiger partial charge < -0.3 is 14.8 Å². The molecule has 0 spiro atoms. The predicted octanol–water partition coefficient (Wildman–Crippen LogP) is 1.74. The topological polar surface area (TPSA) is 69.2 Å². The molecule has 20 heavy (non-hydrogen) atoms. The van der Waals surface area contributed by atoms with Crippen molar-refractivity contribution in [2.45, 2.75) is 19.5 Å². The average molecular weight is 274 g/mol. The number of hydrogen-bond acceptors (Lipinski definition) is 6. The van der Waals surface area contributed by atoms with E-state index < -0.39 is 0 Å². The predicted molar refractivity (Wildman–Crippen MR) is 74.6 cm³/mol. The minimum Gasteiger partial charge on any atom is -0.481 e. The SMILES string of the molecule is COc1ncnc(OC)c1CN[C@@H](C)c1ccccn1. The van der Waals surface area contributed by atoms with Crippen LogP contribution in [0.2, 0.25) is 0 Å². The van der Waals surface area contributed by atoms with Crippen molar-refractivity contribution in [3.05, 3.63) is 42.0 Å². The van der Waals surface area contributed by atoms with E-state index in [1.54, 1.807) is 20.4 Å². The van der Waals surface area contributed by atoms with Crippen molar-refractivity contribution in [2.24, 2.45) is 0 Å². The molecule has 0 bridgehead atoms. The molecule has 1 atom stereocenters. The van der Waals surface area contributed by atoms with Gasteiger partial charge in [0.2, 0.25) is 11.8 Å². The summed E-state index contributed by atoms with van der Waals surface area (Å²) in [5.41, 5.74) is 1.77. The molecule has 6 nitrogen and oxygen atoms in total. The summed E-state index contributed by atoms with van der Waals surface area (Å²) in [6, 6.07) is 5.94. The van der Waals surface area contributed by atoms with Gasteiger partial charge in [-0.25, -0.2) is 9.97 Å². The molecule has 0 aliphatic rings. The Hall–Kier alpha value is -2.21. The summed E-state index contributed by atoms with van der Waals surface area (Å²) in [4.78, 5) is 12.5. The third kappa shape index (κ3) is 3.21. The zero-order valence-corrected chi connectivity index (χ0v) is 11.8. The number of pyridine rings is 1. The van der Waals surface area contributed by atoms with Crippen molar-refractivity contribution in [2.75, 3.05) is 14.2 Å².